The molecule has 2 saturated heterocycles. The van der Waals surface area contributed by atoms with Crippen LogP contribution in [0.3, 0.4) is 0 Å². The Balaban J connectivity index is 1.45. The van der Waals surface area contributed by atoms with Crippen LogP contribution in [0.15, 0.2) is 30.5 Å². The van der Waals surface area contributed by atoms with Gasteiger partial charge < -0.3 is 14.4 Å². The van der Waals surface area contributed by atoms with E-state index in [-0.39, 0.29) is 0 Å². The fourth-order valence-electron chi connectivity index (χ4n) is 4.62. The second kappa shape index (κ2) is 7.20. The second-order valence-electron chi connectivity index (χ2n) is 7.70. The predicted molar refractivity (Wildman–Crippen MR) is 102 cm³/mol. The highest BCUT2D eigenvalue weighted by Crippen LogP contribution is 2.24. The summed E-state index contributed by atoms with van der Waals surface area (Å²) in [4.78, 5) is 17.7. The molecule has 0 radical (unpaired) electrons. The third-order valence-corrected chi connectivity index (χ3v) is 5.94. The van der Waals surface area contributed by atoms with Gasteiger partial charge in [-0.1, -0.05) is 24.6 Å². The van der Waals surface area contributed by atoms with Gasteiger partial charge in [-0.2, -0.15) is 0 Å². The molecular formula is C21H29N3O. The van der Waals surface area contributed by atoms with E-state index in [4.69, 9.17) is 0 Å². The number of aryl methyl sites for hydroxylation is 1. The Morgan fingerprint density at radius 2 is 1.88 bits per heavy atom. The molecule has 1 aromatic heterocycles. The first-order chi connectivity index (χ1) is 12.2. The predicted octanol–water partition coefficient (Wildman–Crippen LogP) is 3.20. The average Bonchev–Trinajstić information content (AvgIpc) is 3.21. The first kappa shape index (κ1) is 16.6. The lowest BCUT2D eigenvalue weighted by atomic mass is 10.1. The van der Waals surface area contributed by atoms with Crippen molar-refractivity contribution in [1.29, 1.82) is 0 Å². The molecule has 4 heteroatoms. The molecule has 2 aliphatic rings. The van der Waals surface area contributed by atoms with Crippen molar-refractivity contribution in [2.45, 2.75) is 44.6 Å². The maximum absolute atomic E-state index is 13.0. The van der Waals surface area contributed by atoms with E-state index in [9.17, 15) is 4.79 Å². The summed E-state index contributed by atoms with van der Waals surface area (Å²) in [6, 6.07) is 8.79. The molecule has 0 unspecified atom stereocenters. The van der Waals surface area contributed by atoms with Crippen molar-refractivity contribution in [3.05, 3.63) is 36.0 Å². The van der Waals surface area contributed by atoms with E-state index < -0.39 is 0 Å². The number of carbonyl (C=O) groups excluding carboxylic acids is 1. The maximum Gasteiger partial charge on any atom is 0.227 e. The van der Waals surface area contributed by atoms with Gasteiger partial charge in [-0.25, -0.2) is 0 Å². The van der Waals surface area contributed by atoms with Crippen LogP contribution in [0.2, 0.25) is 0 Å². The Labute approximate surface area is 150 Å². The van der Waals surface area contributed by atoms with Crippen molar-refractivity contribution in [3.63, 3.8) is 0 Å². The van der Waals surface area contributed by atoms with Crippen molar-refractivity contribution in [1.82, 2.24) is 14.4 Å². The number of piperidine rings is 1. The summed E-state index contributed by atoms with van der Waals surface area (Å²) in [6.45, 7) is 4.42. The summed E-state index contributed by atoms with van der Waals surface area (Å²) in [7, 11) is 2.06. The standard InChI is InChI=1S/C21H29N3O/c1-22-15-17(19-9-3-4-10-20(19)22)14-21(25)24-13-7-8-18(24)16-23-11-5-2-6-12-23/h3-4,9-10,15,18H,2,5-8,11-14,16H2,1H3/t18-/m1/s1. The Bertz CT molecular complexity index is 745. The zero-order chi connectivity index (χ0) is 17.2. The van der Waals surface area contributed by atoms with Gasteiger partial charge in [0.05, 0.1) is 6.42 Å². The number of para-hydroxylation sites is 1. The molecule has 2 aliphatic heterocycles. The van der Waals surface area contributed by atoms with E-state index >= 15 is 0 Å². The van der Waals surface area contributed by atoms with Crippen LogP contribution in [0.4, 0.5) is 0 Å². The second-order valence-corrected chi connectivity index (χ2v) is 7.70. The minimum atomic E-state index is 0.302. The first-order valence-corrected chi connectivity index (χ1v) is 9.77. The monoisotopic (exact) mass is 339 g/mol. The summed E-state index contributed by atoms with van der Waals surface area (Å²) >= 11 is 0. The molecule has 0 saturated carbocycles. The van der Waals surface area contributed by atoms with Gasteiger partial charge in [0.25, 0.3) is 0 Å². The van der Waals surface area contributed by atoms with Crippen LogP contribution in [-0.4, -0.2) is 52.5 Å². The summed E-state index contributed by atoms with van der Waals surface area (Å²) in [5.74, 6) is 0.302. The van der Waals surface area contributed by atoms with Crippen molar-refractivity contribution < 1.29 is 4.79 Å². The van der Waals surface area contributed by atoms with E-state index in [1.54, 1.807) is 0 Å². The van der Waals surface area contributed by atoms with Gasteiger partial charge in [0.15, 0.2) is 0 Å². The van der Waals surface area contributed by atoms with E-state index in [1.807, 2.05) is 0 Å². The van der Waals surface area contributed by atoms with Crippen molar-refractivity contribution in [3.8, 4) is 0 Å². The highest BCUT2D eigenvalue weighted by molar-refractivity contribution is 5.89. The Kier molecular flexibility index (Phi) is 4.80. The molecule has 0 bridgehead atoms. The topological polar surface area (TPSA) is 28.5 Å². The van der Waals surface area contributed by atoms with E-state index in [2.05, 4.69) is 51.9 Å². The third kappa shape index (κ3) is 3.45. The molecule has 1 amide bonds. The summed E-state index contributed by atoms with van der Waals surface area (Å²) in [5.41, 5.74) is 2.36. The van der Waals surface area contributed by atoms with Crippen molar-refractivity contribution in [2.24, 2.45) is 7.05 Å². The number of hydrogen-bond acceptors (Lipinski definition) is 2. The van der Waals surface area contributed by atoms with Gasteiger partial charge in [0.1, 0.15) is 0 Å². The number of carbonyl (C=O) groups is 1. The quantitative estimate of drug-likeness (QED) is 0.856. The molecule has 134 valence electrons. The van der Waals surface area contributed by atoms with Gasteiger partial charge in [-0.3, -0.25) is 4.79 Å². The van der Waals surface area contributed by atoms with Gasteiger partial charge in [-0.15, -0.1) is 0 Å². The normalized spacial score (nSPS) is 22.0. The largest absolute Gasteiger partial charge is 0.350 e. The van der Waals surface area contributed by atoms with Crippen molar-refractivity contribution in [2.75, 3.05) is 26.2 Å². The molecule has 0 N–H and O–H groups in total. The number of benzene rings is 1. The van der Waals surface area contributed by atoms with Gasteiger partial charge in [0, 0.05) is 43.3 Å². The highest BCUT2D eigenvalue weighted by Gasteiger charge is 2.30. The minimum Gasteiger partial charge on any atom is -0.350 e. The number of aromatic nitrogens is 1. The summed E-state index contributed by atoms with van der Waals surface area (Å²) in [5, 5.41) is 1.21. The Morgan fingerprint density at radius 1 is 1.08 bits per heavy atom. The lowest BCUT2D eigenvalue weighted by molar-refractivity contribution is -0.131. The van der Waals surface area contributed by atoms with Gasteiger partial charge in [0.2, 0.25) is 5.91 Å². The fourth-order valence-corrected chi connectivity index (χ4v) is 4.62. The average molecular weight is 339 g/mol. The molecule has 3 heterocycles. The lowest BCUT2D eigenvalue weighted by Crippen LogP contribution is -2.45. The van der Waals surface area contributed by atoms with Crippen LogP contribution in [0, 0.1) is 0 Å². The number of rotatable bonds is 4. The van der Waals surface area contributed by atoms with Gasteiger partial charge in [-0.05, 0) is 50.4 Å². The van der Waals surface area contributed by atoms with E-state index in [0.29, 0.717) is 18.4 Å². The molecular weight excluding hydrogens is 310 g/mol. The van der Waals surface area contributed by atoms with Crippen LogP contribution in [0.1, 0.15) is 37.7 Å². The zero-order valence-electron chi connectivity index (χ0n) is 15.3. The summed E-state index contributed by atoms with van der Waals surface area (Å²) < 4.78 is 2.13. The summed E-state index contributed by atoms with van der Waals surface area (Å²) in [6.07, 6.45) is 8.96. The third-order valence-electron chi connectivity index (χ3n) is 5.94. The van der Waals surface area contributed by atoms with Crippen LogP contribution >= 0.6 is 0 Å². The van der Waals surface area contributed by atoms with Crippen molar-refractivity contribution >= 4 is 16.8 Å². The van der Waals surface area contributed by atoms with Gasteiger partial charge >= 0.3 is 0 Å². The number of hydrogen-bond donors (Lipinski definition) is 0. The fraction of sp³-hybridized carbons (Fsp3) is 0.571. The first-order valence-electron chi connectivity index (χ1n) is 9.77. The lowest BCUT2D eigenvalue weighted by Gasteiger charge is -2.33. The molecule has 2 fully saturated rings. The van der Waals surface area contributed by atoms with Crippen LogP contribution in [0.5, 0.6) is 0 Å². The SMILES string of the molecule is Cn1cc(CC(=O)N2CCC[C@@H]2CN2CCCCC2)c2ccccc21. The molecule has 1 atom stereocenters. The molecule has 0 aliphatic carbocycles. The van der Waals surface area contributed by atoms with Crippen LogP contribution < -0.4 is 0 Å². The van der Waals surface area contributed by atoms with E-state index in [0.717, 1.165) is 31.5 Å². The molecule has 4 rings (SSSR count). The molecule has 4 nitrogen and oxygen atoms in total. The van der Waals surface area contributed by atoms with E-state index in [1.165, 1.54) is 43.3 Å². The zero-order valence-corrected chi connectivity index (χ0v) is 15.3. The highest BCUT2D eigenvalue weighted by atomic mass is 16.2. The number of amides is 1. The number of likely N-dealkylation sites (tertiary alicyclic amines) is 2. The van der Waals surface area contributed by atoms with Crippen LogP contribution in [-0.2, 0) is 18.3 Å². The molecule has 25 heavy (non-hydrogen) atoms. The maximum atomic E-state index is 13.0. The molecule has 2 aromatic rings. The molecule has 1 aromatic carbocycles. The molecule has 0 spiro atoms. The number of fused-ring (bicyclic) bond motifs is 1. The van der Waals surface area contributed by atoms with Crippen LogP contribution in [0.25, 0.3) is 10.9 Å². The minimum absolute atomic E-state index is 0.302. The Hall–Kier alpha value is -1.81. The smallest absolute Gasteiger partial charge is 0.227 e. The Morgan fingerprint density at radius 3 is 2.72 bits per heavy atom. The number of nitrogens with zero attached hydrogens (tertiary/aromatic N) is 3.